The number of nitrogens with one attached hydrogen (secondary N) is 2. The van der Waals surface area contributed by atoms with Crippen molar-refractivity contribution < 1.29 is 23.1 Å². The van der Waals surface area contributed by atoms with Crippen molar-refractivity contribution in [1.29, 1.82) is 5.26 Å². The first kappa shape index (κ1) is 31.3. The highest BCUT2D eigenvalue weighted by Crippen LogP contribution is 2.52. The summed E-state index contributed by atoms with van der Waals surface area (Å²) in [5.74, 6) is -4.18. The van der Waals surface area contributed by atoms with E-state index in [2.05, 4.69) is 26.7 Å². The summed E-state index contributed by atoms with van der Waals surface area (Å²) in [6.45, 7) is 7.63. The fraction of sp³-hybridized carbons (Fsp3) is 0.367. The van der Waals surface area contributed by atoms with E-state index in [1.54, 1.807) is 6.92 Å². The van der Waals surface area contributed by atoms with Gasteiger partial charge in [0.1, 0.15) is 17.0 Å². The summed E-state index contributed by atoms with van der Waals surface area (Å²) in [4.78, 5) is 33.9. The van der Waals surface area contributed by atoms with Crippen molar-refractivity contribution in [3.63, 3.8) is 0 Å². The number of halogens is 4. The first-order valence-corrected chi connectivity index (χ1v) is 13.9. The second kappa shape index (κ2) is 12.3. The summed E-state index contributed by atoms with van der Waals surface area (Å²) >= 11 is 12.2. The number of ether oxygens (including phenoxy) is 1. The van der Waals surface area contributed by atoms with Crippen molar-refractivity contribution in [3.8, 4) is 6.07 Å². The Hall–Kier alpha value is -3.65. The molecule has 1 saturated heterocycles. The van der Waals surface area contributed by atoms with Gasteiger partial charge in [0.15, 0.2) is 11.5 Å². The van der Waals surface area contributed by atoms with Crippen LogP contribution in [0, 0.1) is 28.4 Å². The van der Waals surface area contributed by atoms with Crippen LogP contribution in [-0.2, 0) is 14.9 Å². The van der Waals surface area contributed by atoms with Crippen LogP contribution in [0.25, 0.3) is 0 Å². The van der Waals surface area contributed by atoms with Gasteiger partial charge in [0.25, 0.3) is 0 Å². The number of rotatable bonds is 7. The maximum Gasteiger partial charge on any atom is 0.358 e. The van der Waals surface area contributed by atoms with E-state index in [9.17, 15) is 14.9 Å². The van der Waals surface area contributed by atoms with Crippen LogP contribution in [0.4, 0.5) is 14.6 Å². The lowest BCUT2D eigenvalue weighted by Gasteiger charge is -2.37. The van der Waals surface area contributed by atoms with Gasteiger partial charge in [-0.2, -0.15) is 5.26 Å². The molecule has 0 aliphatic carbocycles. The van der Waals surface area contributed by atoms with Crippen LogP contribution in [-0.4, -0.2) is 40.5 Å². The number of hydrogen-bond acceptors (Lipinski definition) is 7. The third kappa shape index (κ3) is 6.09. The lowest BCUT2D eigenvalue weighted by Crippen LogP contribution is -2.45. The Bertz CT molecular complexity index is 1540. The fourth-order valence-electron chi connectivity index (χ4n) is 5.46. The number of benzene rings is 2. The van der Waals surface area contributed by atoms with Crippen molar-refractivity contribution >= 4 is 40.9 Å². The average molecular weight is 616 g/mol. The monoisotopic (exact) mass is 615 g/mol. The molecule has 1 amide bonds. The predicted molar refractivity (Wildman–Crippen MR) is 154 cm³/mol. The molecule has 0 unspecified atom stereocenters. The predicted octanol–water partition coefficient (Wildman–Crippen LogP) is 6.20. The summed E-state index contributed by atoms with van der Waals surface area (Å²) in [5, 5.41) is 16.7. The van der Waals surface area contributed by atoms with Crippen LogP contribution in [0.3, 0.4) is 0 Å². The second-order valence-electron chi connectivity index (χ2n) is 11.2. The van der Waals surface area contributed by atoms with E-state index in [1.165, 1.54) is 36.5 Å². The molecule has 0 radical (unpaired) electrons. The van der Waals surface area contributed by atoms with E-state index >= 15 is 8.78 Å². The molecule has 1 aliphatic heterocycles. The van der Waals surface area contributed by atoms with Crippen molar-refractivity contribution in [1.82, 2.24) is 15.3 Å². The third-order valence-corrected chi connectivity index (χ3v) is 7.65. The van der Waals surface area contributed by atoms with Gasteiger partial charge in [-0.1, -0.05) is 62.2 Å². The molecule has 4 atom stereocenters. The van der Waals surface area contributed by atoms with Crippen LogP contribution in [0.1, 0.15) is 61.6 Å². The molecule has 0 spiro atoms. The van der Waals surface area contributed by atoms with Crippen LogP contribution in [0.5, 0.6) is 0 Å². The summed E-state index contributed by atoms with van der Waals surface area (Å²) in [7, 11) is 0. The average Bonchev–Trinajstić information content (AvgIpc) is 3.23. The largest absolute Gasteiger partial charge is 0.461 e. The zero-order valence-corrected chi connectivity index (χ0v) is 24.9. The summed E-state index contributed by atoms with van der Waals surface area (Å²) in [5.41, 5.74) is -2.28. The van der Waals surface area contributed by atoms with Gasteiger partial charge in [0.2, 0.25) is 5.91 Å². The highest BCUT2D eigenvalue weighted by Gasteiger charge is 2.61. The summed E-state index contributed by atoms with van der Waals surface area (Å²) < 4.78 is 36.4. The van der Waals surface area contributed by atoms with Gasteiger partial charge < -0.3 is 15.4 Å². The highest BCUT2D eigenvalue weighted by atomic mass is 35.5. The Morgan fingerprint density at radius 2 is 1.90 bits per heavy atom. The van der Waals surface area contributed by atoms with Gasteiger partial charge in [-0.05, 0) is 42.5 Å². The number of amides is 1. The molecule has 42 heavy (non-hydrogen) atoms. The van der Waals surface area contributed by atoms with E-state index in [1.807, 2.05) is 20.8 Å². The summed E-state index contributed by atoms with van der Waals surface area (Å²) in [6.07, 6.45) is 2.64. The lowest BCUT2D eigenvalue weighted by atomic mass is 9.62. The number of hydrogen-bond donors (Lipinski definition) is 2. The minimum atomic E-state index is -1.77. The quantitative estimate of drug-likeness (QED) is 0.304. The van der Waals surface area contributed by atoms with Crippen LogP contribution >= 0.6 is 23.2 Å². The van der Waals surface area contributed by atoms with Gasteiger partial charge >= 0.3 is 5.97 Å². The van der Waals surface area contributed by atoms with E-state index in [0.29, 0.717) is 6.42 Å². The molecule has 4 rings (SSSR count). The standard InChI is InChI=1S/C30H29Cl2F2N5O3/c1-5-42-28(41)21-13-37-23(14-36-21)39-27(40)26-24(17-7-6-8-19(32)25(17)34)30(15-35,22(38-26)12-29(2,3)4)18-10-9-16(31)11-20(18)33/h6-11,13-14,22,24,26,38H,5,12H2,1-4H3,(H,37,39,40)/t22-,24-,26+,30-/m0/s1. The molecule has 1 aliphatic rings. The topological polar surface area (TPSA) is 117 Å². The maximum atomic E-state index is 15.7. The Labute approximate surface area is 252 Å². The zero-order valence-electron chi connectivity index (χ0n) is 23.3. The number of carbonyl (C=O) groups excluding carboxylic acids is 2. The SMILES string of the molecule is CCOC(=O)c1cnc(NC(=O)[C@@H]2N[C@@H](CC(C)(C)C)[C@](C#N)(c3ccc(Cl)cc3F)[C@H]2c2cccc(Cl)c2F)cn1. The number of carbonyl (C=O) groups is 2. The molecule has 0 bridgehead atoms. The second-order valence-corrected chi connectivity index (χ2v) is 12.0. The van der Waals surface area contributed by atoms with Gasteiger partial charge in [-0.15, -0.1) is 0 Å². The van der Waals surface area contributed by atoms with Gasteiger partial charge in [-0.25, -0.2) is 23.5 Å². The first-order chi connectivity index (χ1) is 19.8. The third-order valence-electron chi connectivity index (χ3n) is 7.12. The van der Waals surface area contributed by atoms with Gasteiger partial charge in [0, 0.05) is 22.5 Å². The van der Waals surface area contributed by atoms with Crippen molar-refractivity contribution in [2.45, 2.75) is 57.5 Å². The number of aromatic nitrogens is 2. The van der Waals surface area contributed by atoms with E-state index < -0.39 is 46.9 Å². The minimum Gasteiger partial charge on any atom is -0.461 e. The molecule has 0 saturated carbocycles. The smallest absolute Gasteiger partial charge is 0.358 e. The Kier molecular flexibility index (Phi) is 9.16. The van der Waals surface area contributed by atoms with Crippen LogP contribution in [0.15, 0.2) is 48.8 Å². The normalized spacial score (nSPS) is 21.9. The van der Waals surface area contributed by atoms with Crippen molar-refractivity contribution in [2.24, 2.45) is 5.41 Å². The maximum absolute atomic E-state index is 15.7. The Morgan fingerprint density at radius 1 is 1.17 bits per heavy atom. The number of anilines is 1. The molecule has 2 heterocycles. The van der Waals surface area contributed by atoms with Gasteiger partial charge in [-0.3, -0.25) is 4.79 Å². The van der Waals surface area contributed by atoms with Crippen LogP contribution < -0.4 is 10.6 Å². The molecular formula is C30H29Cl2F2N5O3. The molecule has 3 aromatic rings. The Morgan fingerprint density at radius 3 is 2.50 bits per heavy atom. The molecule has 2 aromatic carbocycles. The zero-order chi connectivity index (χ0) is 30.8. The number of nitrogens with zero attached hydrogens (tertiary/aromatic N) is 3. The molecule has 8 nitrogen and oxygen atoms in total. The number of esters is 1. The lowest BCUT2D eigenvalue weighted by molar-refractivity contribution is -0.118. The van der Waals surface area contributed by atoms with Crippen LogP contribution in [0.2, 0.25) is 10.0 Å². The molecule has 1 aromatic heterocycles. The van der Waals surface area contributed by atoms with Crippen molar-refractivity contribution in [3.05, 3.63) is 87.3 Å². The number of nitriles is 1. The minimum absolute atomic E-state index is 0.000308. The van der Waals surface area contributed by atoms with Crippen molar-refractivity contribution in [2.75, 3.05) is 11.9 Å². The molecular weight excluding hydrogens is 587 g/mol. The molecule has 12 heteroatoms. The van der Waals surface area contributed by atoms with Gasteiger partial charge in [0.05, 0.1) is 36.1 Å². The molecule has 2 N–H and O–H groups in total. The van der Waals surface area contributed by atoms with E-state index in [0.717, 1.165) is 12.3 Å². The Balaban J connectivity index is 1.87. The molecule has 1 fully saturated rings. The van der Waals surface area contributed by atoms with E-state index in [-0.39, 0.29) is 44.7 Å². The molecule has 220 valence electrons. The highest BCUT2D eigenvalue weighted by molar-refractivity contribution is 6.31. The fourth-order valence-corrected chi connectivity index (χ4v) is 5.80. The summed E-state index contributed by atoms with van der Waals surface area (Å²) in [6, 6.07) is 8.46. The first-order valence-electron chi connectivity index (χ1n) is 13.2. The van der Waals surface area contributed by atoms with E-state index in [4.69, 9.17) is 27.9 Å².